The molecule has 1 fully saturated rings. The summed E-state index contributed by atoms with van der Waals surface area (Å²) in [5.74, 6) is -0.0687. The van der Waals surface area contributed by atoms with Crippen molar-refractivity contribution in [1.29, 1.82) is 0 Å². The van der Waals surface area contributed by atoms with Crippen molar-refractivity contribution in [3.63, 3.8) is 0 Å². The average molecular weight is 335 g/mol. The fourth-order valence-electron chi connectivity index (χ4n) is 2.50. The van der Waals surface area contributed by atoms with E-state index in [4.69, 9.17) is 0 Å². The minimum Gasteiger partial charge on any atom is -0.363 e. The Morgan fingerprint density at radius 1 is 1.09 bits per heavy atom. The van der Waals surface area contributed by atoms with Crippen molar-refractivity contribution in [3.8, 4) is 0 Å². The van der Waals surface area contributed by atoms with E-state index in [1.165, 1.54) is 40.9 Å². The highest BCUT2D eigenvalue weighted by Crippen LogP contribution is 2.21. The normalized spacial score (nSPS) is 16.2. The number of rotatable bonds is 4. The number of piperidine rings is 1. The summed E-state index contributed by atoms with van der Waals surface area (Å²) in [7, 11) is -3.48. The first-order valence-corrected chi connectivity index (χ1v) is 8.83. The van der Waals surface area contributed by atoms with E-state index in [9.17, 15) is 13.2 Å². The lowest BCUT2D eigenvalue weighted by Crippen LogP contribution is -2.35. The summed E-state index contributed by atoms with van der Waals surface area (Å²) in [6, 6.07) is 7.43. The van der Waals surface area contributed by atoms with E-state index in [0.29, 0.717) is 24.5 Å². The van der Waals surface area contributed by atoms with Crippen LogP contribution >= 0.6 is 0 Å². The third-order valence-electron chi connectivity index (χ3n) is 3.75. The number of carbonyl (C=O) groups is 1. The quantitative estimate of drug-likeness (QED) is 0.923. The molecule has 0 spiro atoms. The minimum absolute atomic E-state index is 0.206. The number of anilines is 1. The molecule has 1 aromatic carbocycles. The molecular weight excluding hydrogens is 318 g/mol. The number of benzene rings is 1. The Hall–Kier alpha value is -2.19. The zero-order valence-electron chi connectivity index (χ0n) is 12.4. The molecule has 7 nitrogen and oxygen atoms in total. The second kappa shape index (κ2) is 6.51. The van der Waals surface area contributed by atoms with Gasteiger partial charge in [-0.2, -0.15) is 4.31 Å². The van der Waals surface area contributed by atoms with Crippen LogP contribution in [0, 0.1) is 0 Å². The molecule has 0 radical (unpaired) electrons. The van der Waals surface area contributed by atoms with Crippen molar-refractivity contribution in [3.05, 3.63) is 42.2 Å². The van der Waals surface area contributed by atoms with Crippen molar-refractivity contribution < 1.29 is 17.7 Å². The Balaban J connectivity index is 1.74. The number of sulfonamides is 1. The average Bonchev–Trinajstić information content (AvgIpc) is 3.09. The third-order valence-corrected chi connectivity index (χ3v) is 5.66. The Bertz CT molecular complexity index is 764. The molecule has 122 valence electrons. The molecule has 1 aromatic heterocycles. The van der Waals surface area contributed by atoms with Gasteiger partial charge in [0, 0.05) is 24.7 Å². The van der Waals surface area contributed by atoms with Gasteiger partial charge in [0.2, 0.25) is 10.0 Å². The van der Waals surface area contributed by atoms with Gasteiger partial charge in [0.05, 0.1) is 4.90 Å². The molecule has 1 aliphatic rings. The lowest BCUT2D eigenvalue weighted by Gasteiger charge is -2.25. The number of nitrogens with one attached hydrogen (secondary N) is 1. The van der Waals surface area contributed by atoms with E-state index in [2.05, 4.69) is 15.0 Å². The lowest BCUT2D eigenvalue weighted by atomic mass is 10.2. The van der Waals surface area contributed by atoms with Crippen LogP contribution in [0.5, 0.6) is 0 Å². The highest BCUT2D eigenvalue weighted by atomic mass is 32.2. The molecule has 0 bridgehead atoms. The molecule has 23 heavy (non-hydrogen) atoms. The maximum absolute atomic E-state index is 12.5. The molecular formula is C15H17N3O4S. The van der Waals surface area contributed by atoms with Crippen molar-refractivity contribution in [2.75, 3.05) is 18.4 Å². The van der Waals surface area contributed by atoms with E-state index in [1.807, 2.05) is 0 Å². The molecule has 2 heterocycles. The third kappa shape index (κ3) is 3.43. The summed E-state index contributed by atoms with van der Waals surface area (Å²) in [6.07, 6.45) is 4.19. The topological polar surface area (TPSA) is 92.5 Å². The smallest absolute Gasteiger partial charge is 0.256 e. The number of nitrogens with zero attached hydrogens (tertiary/aromatic N) is 2. The van der Waals surface area contributed by atoms with Crippen molar-refractivity contribution in [2.24, 2.45) is 0 Å². The summed E-state index contributed by atoms with van der Waals surface area (Å²) < 4.78 is 31.2. The van der Waals surface area contributed by atoms with Gasteiger partial charge in [0.25, 0.3) is 5.91 Å². The van der Waals surface area contributed by atoms with Gasteiger partial charge in [0.15, 0.2) is 5.82 Å². The monoisotopic (exact) mass is 335 g/mol. The summed E-state index contributed by atoms with van der Waals surface area (Å²) in [4.78, 5) is 12.2. The van der Waals surface area contributed by atoms with Gasteiger partial charge in [0.1, 0.15) is 6.26 Å². The maximum atomic E-state index is 12.5. The van der Waals surface area contributed by atoms with E-state index in [1.54, 1.807) is 0 Å². The first-order chi connectivity index (χ1) is 11.1. The van der Waals surface area contributed by atoms with Gasteiger partial charge >= 0.3 is 0 Å². The highest BCUT2D eigenvalue weighted by molar-refractivity contribution is 7.89. The number of carbonyl (C=O) groups excluding carboxylic acids is 1. The molecule has 1 saturated heterocycles. The standard InChI is InChI=1S/C15H17N3O4S/c19-15(16-14-8-11-22-17-14)12-4-6-13(7-5-12)23(20,21)18-9-2-1-3-10-18/h4-8,11H,1-3,9-10H2,(H,16,17,19). The zero-order chi connectivity index (χ0) is 16.3. The van der Waals surface area contributed by atoms with Gasteiger partial charge in [-0.3, -0.25) is 4.79 Å². The van der Waals surface area contributed by atoms with Crippen LogP contribution < -0.4 is 5.32 Å². The summed E-state index contributed by atoms with van der Waals surface area (Å²) in [6.45, 7) is 1.10. The fourth-order valence-corrected chi connectivity index (χ4v) is 4.02. The Labute approximate surface area is 134 Å². The molecule has 2 aromatic rings. The van der Waals surface area contributed by atoms with Crippen molar-refractivity contribution in [1.82, 2.24) is 9.46 Å². The van der Waals surface area contributed by atoms with Crippen molar-refractivity contribution >= 4 is 21.7 Å². The lowest BCUT2D eigenvalue weighted by molar-refractivity contribution is 0.102. The number of amides is 1. The highest BCUT2D eigenvalue weighted by Gasteiger charge is 2.25. The van der Waals surface area contributed by atoms with Crippen LogP contribution in [0.3, 0.4) is 0 Å². The zero-order valence-corrected chi connectivity index (χ0v) is 13.3. The number of hydrogen-bond acceptors (Lipinski definition) is 5. The molecule has 0 unspecified atom stereocenters. The second-order valence-corrected chi connectivity index (χ2v) is 7.27. The summed E-state index contributed by atoms with van der Waals surface area (Å²) in [5.41, 5.74) is 0.352. The van der Waals surface area contributed by atoms with Crippen LogP contribution in [-0.4, -0.2) is 36.9 Å². The van der Waals surface area contributed by atoms with Gasteiger partial charge in [-0.1, -0.05) is 11.6 Å². The van der Waals surface area contributed by atoms with Crippen LogP contribution in [0.25, 0.3) is 0 Å². The number of aromatic nitrogens is 1. The van der Waals surface area contributed by atoms with Crippen LogP contribution in [0.2, 0.25) is 0 Å². The first-order valence-electron chi connectivity index (χ1n) is 7.39. The molecule has 1 amide bonds. The van der Waals surface area contributed by atoms with E-state index < -0.39 is 10.0 Å². The van der Waals surface area contributed by atoms with Crippen LogP contribution in [0.15, 0.2) is 46.0 Å². The van der Waals surface area contributed by atoms with Gasteiger partial charge in [-0.25, -0.2) is 8.42 Å². The van der Waals surface area contributed by atoms with E-state index >= 15 is 0 Å². The Morgan fingerprint density at radius 2 is 1.78 bits per heavy atom. The number of hydrogen-bond donors (Lipinski definition) is 1. The van der Waals surface area contributed by atoms with Crippen molar-refractivity contribution in [2.45, 2.75) is 24.2 Å². The van der Waals surface area contributed by atoms with Gasteiger partial charge in [-0.05, 0) is 37.1 Å². The Morgan fingerprint density at radius 3 is 2.39 bits per heavy atom. The SMILES string of the molecule is O=C(Nc1ccon1)c1ccc(S(=O)(=O)N2CCCCC2)cc1. The molecule has 8 heteroatoms. The molecule has 3 rings (SSSR count). The molecule has 0 atom stereocenters. The van der Waals surface area contributed by atoms with E-state index in [-0.39, 0.29) is 10.8 Å². The summed E-state index contributed by atoms with van der Waals surface area (Å²) >= 11 is 0. The maximum Gasteiger partial charge on any atom is 0.256 e. The van der Waals surface area contributed by atoms with Gasteiger partial charge < -0.3 is 9.84 Å². The molecule has 1 N–H and O–H groups in total. The Kier molecular flexibility index (Phi) is 4.44. The minimum atomic E-state index is -3.48. The predicted molar refractivity (Wildman–Crippen MR) is 83.5 cm³/mol. The fraction of sp³-hybridized carbons (Fsp3) is 0.333. The van der Waals surface area contributed by atoms with Crippen LogP contribution in [0.4, 0.5) is 5.82 Å². The largest absolute Gasteiger partial charge is 0.363 e. The second-order valence-electron chi connectivity index (χ2n) is 5.33. The van der Waals surface area contributed by atoms with E-state index in [0.717, 1.165) is 19.3 Å². The summed E-state index contributed by atoms with van der Waals surface area (Å²) in [5, 5.41) is 6.15. The van der Waals surface area contributed by atoms with Crippen LogP contribution in [0.1, 0.15) is 29.6 Å². The first kappa shape index (κ1) is 15.7. The molecule has 0 saturated carbocycles. The van der Waals surface area contributed by atoms with Crippen LogP contribution in [-0.2, 0) is 10.0 Å². The molecule has 1 aliphatic heterocycles. The van der Waals surface area contributed by atoms with Gasteiger partial charge in [-0.15, -0.1) is 0 Å². The molecule has 0 aliphatic carbocycles. The predicted octanol–water partition coefficient (Wildman–Crippen LogP) is 2.10.